The Morgan fingerprint density at radius 3 is 0.857 bits per heavy atom. The molecule has 6 heterocycles. The second kappa shape index (κ2) is 27.5. The molecule has 16 aromatic carbocycles. The zero-order valence-corrected chi connectivity index (χ0v) is 60.3. The summed E-state index contributed by atoms with van der Waals surface area (Å²) in [4.78, 5) is 31.6. The minimum absolute atomic E-state index is 0.514. The molecule has 112 heavy (non-hydrogen) atoms. The van der Waals surface area contributed by atoms with Gasteiger partial charge in [-0.25, -0.2) is 9.97 Å². The molecule has 22 rings (SSSR count). The zero-order valence-electron chi connectivity index (χ0n) is 60.3. The fourth-order valence-corrected chi connectivity index (χ4v) is 15.9. The summed E-state index contributed by atoms with van der Waals surface area (Å²) in [5.41, 5.74) is 24.2. The lowest BCUT2D eigenvalue weighted by Gasteiger charge is -2.13. The van der Waals surface area contributed by atoms with E-state index in [-0.39, 0.29) is 0 Å². The summed E-state index contributed by atoms with van der Waals surface area (Å²) >= 11 is 0. The summed E-state index contributed by atoms with van der Waals surface area (Å²) in [6.07, 6.45) is 0. The van der Waals surface area contributed by atoms with Gasteiger partial charge >= 0.3 is 0 Å². The standard InChI is InChI=1S/2C51H32N4O/c1-4-13-33(14-5-1)35-23-27-38(28-24-35)49-52-50(39-29-25-36(26-30-39)34-15-6-2-7-16-34)54-51(53-49)55-46-40(37-17-8-3-9-18-37)20-12-21-42(46)43-31-32-44-41-19-10-11-22-45(41)56-48(44)47(43)55;1-4-12-33(13-5-1)36-20-24-38(25-21-36)49-52-50(39-26-22-37(23-27-39)34-14-6-2-7-15-34)54-51(53-49)55-45-32-40(35-16-8-3-9-17-35)28-29-41(45)43-30-31-44-42-18-10-11-19-46(42)56-48(44)47(43)55/h2*1-32H. The van der Waals surface area contributed by atoms with Crippen LogP contribution in [0.15, 0.2) is 397 Å². The second-order valence-corrected chi connectivity index (χ2v) is 28.0. The largest absolute Gasteiger partial charge is 0.454 e. The molecule has 0 bridgehead atoms. The van der Waals surface area contributed by atoms with Crippen LogP contribution >= 0.6 is 0 Å². The minimum Gasteiger partial charge on any atom is -0.454 e. The van der Waals surface area contributed by atoms with Crippen LogP contribution in [0.25, 0.3) is 212 Å². The molecular formula is C102H64N8O2. The zero-order chi connectivity index (χ0) is 74.0. The summed E-state index contributed by atoms with van der Waals surface area (Å²) in [5.74, 6) is 3.37. The summed E-state index contributed by atoms with van der Waals surface area (Å²) in [6.45, 7) is 0. The van der Waals surface area contributed by atoms with Crippen molar-refractivity contribution in [2.24, 2.45) is 0 Å². The van der Waals surface area contributed by atoms with Gasteiger partial charge in [-0.05, 0) is 91.5 Å². The molecule has 524 valence electrons. The van der Waals surface area contributed by atoms with Gasteiger partial charge in [0.05, 0.1) is 11.0 Å². The van der Waals surface area contributed by atoms with Gasteiger partial charge in [-0.1, -0.05) is 358 Å². The molecule has 0 fully saturated rings. The Labute approximate surface area is 643 Å². The molecule has 0 radical (unpaired) electrons. The highest BCUT2D eigenvalue weighted by Gasteiger charge is 2.27. The smallest absolute Gasteiger partial charge is 0.238 e. The molecule has 22 aromatic rings. The number of rotatable bonds is 12. The van der Waals surface area contributed by atoms with E-state index in [4.69, 9.17) is 38.7 Å². The number of nitrogens with zero attached hydrogens (tertiary/aromatic N) is 8. The quantitative estimate of drug-likeness (QED) is 0.119. The summed E-state index contributed by atoms with van der Waals surface area (Å²) < 4.78 is 17.8. The number of hydrogen-bond donors (Lipinski definition) is 0. The number of fused-ring (bicyclic) bond motifs is 14. The van der Waals surface area contributed by atoms with Crippen molar-refractivity contribution in [3.8, 4) is 124 Å². The molecular weight excluding hydrogens is 1370 g/mol. The van der Waals surface area contributed by atoms with E-state index in [1.807, 2.05) is 60.7 Å². The van der Waals surface area contributed by atoms with E-state index < -0.39 is 0 Å². The average Bonchev–Trinajstić information content (AvgIpc) is 1.56. The molecule has 0 amide bonds. The molecule has 0 aliphatic carbocycles. The van der Waals surface area contributed by atoms with Gasteiger partial charge < -0.3 is 8.83 Å². The normalized spacial score (nSPS) is 11.6. The molecule has 10 heteroatoms. The molecule has 0 saturated heterocycles. The van der Waals surface area contributed by atoms with E-state index in [0.29, 0.717) is 35.2 Å². The third kappa shape index (κ3) is 11.6. The van der Waals surface area contributed by atoms with Crippen LogP contribution in [-0.2, 0) is 0 Å². The molecule has 10 nitrogen and oxygen atoms in total. The molecule has 0 atom stereocenters. The Morgan fingerprint density at radius 2 is 0.455 bits per heavy atom. The highest BCUT2D eigenvalue weighted by molar-refractivity contribution is 6.24. The van der Waals surface area contributed by atoms with Gasteiger partial charge in [0.2, 0.25) is 11.9 Å². The Morgan fingerprint density at radius 1 is 0.179 bits per heavy atom. The average molecular weight is 1430 g/mol. The highest BCUT2D eigenvalue weighted by Crippen LogP contribution is 2.46. The first kappa shape index (κ1) is 65.1. The third-order valence-electron chi connectivity index (χ3n) is 21.4. The molecule has 0 unspecified atom stereocenters. The molecule has 0 spiro atoms. The maximum absolute atomic E-state index is 6.75. The number of furan rings is 2. The van der Waals surface area contributed by atoms with E-state index in [1.54, 1.807) is 0 Å². The highest BCUT2D eigenvalue weighted by atomic mass is 16.3. The molecule has 0 saturated carbocycles. The van der Waals surface area contributed by atoms with Crippen LogP contribution in [0.3, 0.4) is 0 Å². The molecule has 0 N–H and O–H groups in total. The maximum atomic E-state index is 6.75. The number of aromatic nitrogens is 8. The summed E-state index contributed by atoms with van der Waals surface area (Å²) in [5, 5.41) is 8.53. The van der Waals surface area contributed by atoms with Crippen LogP contribution in [0, 0.1) is 0 Å². The molecule has 0 aliphatic rings. The molecule has 0 aliphatic heterocycles. The van der Waals surface area contributed by atoms with Gasteiger partial charge in [0.1, 0.15) is 22.2 Å². The van der Waals surface area contributed by atoms with E-state index in [9.17, 15) is 0 Å². The van der Waals surface area contributed by atoms with Crippen molar-refractivity contribution in [1.82, 2.24) is 39.0 Å². The number of benzene rings is 16. The van der Waals surface area contributed by atoms with Gasteiger partial charge in [0.25, 0.3) is 0 Å². The molecule has 6 aromatic heterocycles. The van der Waals surface area contributed by atoms with Gasteiger partial charge in [-0.3, -0.25) is 9.13 Å². The fourth-order valence-electron chi connectivity index (χ4n) is 15.9. The topological polar surface area (TPSA) is 113 Å². The van der Waals surface area contributed by atoms with Crippen LogP contribution in [0.4, 0.5) is 0 Å². The van der Waals surface area contributed by atoms with E-state index in [2.05, 4.69) is 337 Å². The summed E-state index contributed by atoms with van der Waals surface area (Å²) in [7, 11) is 0. The van der Waals surface area contributed by atoms with Gasteiger partial charge in [-0.15, -0.1) is 0 Å². The van der Waals surface area contributed by atoms with Crippen LogP contribution in [0.2, 0.25) is 0 Å². The van der Waals surface area contributed by atoms with Crippen LogP contribution < -0.4 is 0 Å². The number of hydrogen-bond acceptors (Lipinski definition) is 8. The van der Waals surface area contributed by atoms with Crippen molar-refractivity contribution in [3.63, 3.8) is 0 Å². The third-order valence-corrected chi connectivity index (χ3v) is 21.4. The van der Waals surface area contributed by atoms with Crippen molar-refractivity contribution >= 4 is 87.5 Å². The van der Waals surface area contributed by atoms with Crippen LogP contribution in [0.1, 0.15) is 0 Å². The Hall–Kier alpha value is -15.3. The van der Waals surface area contributed by atoms with Crippen LogP contribution in [-0.4, -0.2) is 39.0 Å². The first-order chi connectivity index (χ1) is 55.5. The van der Waals surface area contributed by atoms with Gasteiger partial charge in [-0.2, -0.15) is 19.9 Å². The lowest BCUT2D eigenvalue weighted by molar-refractivity contribution is 0.670. The predicted molar refractivity (Wildman–Crippen MR) is 457 cm³/mol. The predicted octanol–water partition coefficient (Wildman–Crippen LogP) is 26.4. The lowest BCUT2D eigenvalue weighted by atomic mass is 10.0. The van der Waals surface area contributed by atoms with Crippen molar-refractivity contribution in [1.29, 1.82) is 0 Å². The number of para-hydroxylation sites is 3. The lowest BCUT2D eigenvalue weighted by Crippen LogP contribution is -2.07. The fraction of sp³-hybridized carbons (Fsp3) is 0. The monoisotopic (exact) mass is 1430 g/mol. The van der Waals surface area contributed by atoms with E-state index in [0.717, 1.165) is 177 Å². The Kier molecular flexibility index (Phi) is 16.0. The first-order valence-corrected chi connectivity index (χ1v) is 37.5. The van der Waals surface area contributed by atoms with Crippen molar-refractivity contribution < 1.29 is 8.83 Å². The van der Waals surface area contributed by atoms with Gasteiger partial charge in [0, 0.05) is 70.9 Å². The SMILES string of the molecule is c1ccc(-c2ccc(-c3nc(-c4ccc(-c5ccccc5)cc4)nc(-n4c5c(-c6ccccc6)cccc5c5ccc6c7ccccc7oc6c54)n3)cc2)cc1.c1ccc(-c2ccc(-c3nc(-c4ccc(-c5ccccc5)cc4)nc(-n4c5cc(-c6ccccc6)ccc5c5ccc6c7ccccc7oc6c54)n3)cc2)cc1. The van der Waals surface area contributed by atoms with Crippen LogP contribution in [0.5, 0.6) is 0 Å². The first-order valence-electron chi connectivity index (χ1n) is 37.5. The maximum Gasteiger partial charge on any atom is 0.238 e. The van der Waals surface area contributed by atoms with E-state index >= 15 is 0 Å². The Bertz CT molecular complexity index is 7090. The Balaban J connectivity index is 0.000000141. The van der Waals surface area contributed by atoms with Crippen molar-refractivity contribution in [2.75, 3.05) is 0 Å². The van der Waals surface area contributed by atoms with E-state index in [1.165, 1.54) is 0 Å². The second-order valence-electron chi connectivity index (χ2n) is 28.0. The van der Waals surface area contributed by atoms with Gasteiger partial charge in [0.15, 0.2) is 34.5 Å². The minimum atomic E-state index is 0.514. The summed E-state index contributed by atoms with van der Waals surface area (Å²) in [6, 6.07) is 135. The van der Waals surface area contributed by atoms with Crippen molar-refractivity contribution in [3.05, 3.63) is 388 Å². The van der Waals surface area contributed by atoms with Crippen molar-refractivity contribution in [2.45, 2.75) is 0 Å².